The maximum atomic E-state index is 10.5. The van der Waals surface area contributed by atoms with E-state index in [0.717, 1.165) is 6.42 Å². The first-order chi connectivity index (χ1) is 8.62. The lowest BCUT2D eigenvalue weighted by Crippen LogP contribution is -1.97. The number of hydrogen-bond acceptors (Lipinski definition) is 4. The lowest BCUT2D eigenvalue weighted by atomic mass is 10.1. The summed E-state index contributed by atoms with van der Waals surface area (Å²) >= 11 is 5.28. The zero-order chi connectivity index (χ0) is 13.5. The molecule has 18 heavy (non-hydrogen) atoms. The van der Waals surface area contributed by atoms with Crippen LogP contribution >= 0.6 is 35.3 Å². The summed E-state index contributed by atoms with van der Waals surface area (Å²) in [4.78, 5) is 14.4. The second-order valence-electron chi connectivity index (χ2n) is 3.78. The molecule has 0 fully saturated rings. The van der Waals surface area contributed by atoms with Gasteiger partial charge in [-0.1, -0.05) is 0 Å². The highest BCUT2D eigenvalue weighted by molar-refractivity contribution is 8.03. The average molecular weight is 302 g/mol. The molecule has 1 N–H and O–H groups in total. The second-order valence-corrected chi connectivity index (χ2v) is 6.29. The maximum Gasteiger partial charge on any atom is 0.303 e. The van der Waals surface area contributed by atoms with Gasteiger partial charge in [0.05, 0.1) is 0 Å². The SMILES string of the molecule is CSc1cc(CCCC(=O)O)cc(SC)c1SC. The summed E-state index contributed by atoms with van der Waals surface area (Å²) in [6.45, 7) is 0. The van der Waals surface area contributed by atoms with Gasteiger partial charge in [0.15, 0.2) is 0 Å². The third-order valence-electron chi connectivity index (χ3n) is 2.58. The molecule has 0 unspecified atom stereocenters. The molecule has 0 atom stereocenters. The van der Waals surface area contributed by atoms with Gasteiger partial charge in [-0.3, -0.25) is 4.79 Å². The van der Waals surface area contributed by atoms with Crippen molar-refractivity contribution in [1.29, 1.82) is 0 Å². The Morgan fingerprint density at radius 3 is 2.06 bits per heavy atom. The molecule has 1 aromatic rings. The van der Waals surface area contributed by atoms with E-state index in [2.05, 4.69) is 30.9 Å². The quantitative estimate of drug-likeness (QED) is 0.762. The monoisotopic (exact) mass is 302 g/mol. The number of carboxylic acid groups (broad SMARTS) is 1. The van der Waals surface area contributed by atoms with Crippen molar-refractivity contribution in [3.05, 3.63) is 17.7 Å². The van der Waals surface area contributed by atoms with Crippen LogP contribution in [0.5, 0.6) is 0 Å². The van der Waals surface area contributed by atoms with E-state index >= 15 is 0 Å². The molecular weight excluding hydrogens is 284 g/mol. The number of carboxylic acids is 1. The predicted octanol–water partition coefficient (Wildman–Crippen LogP) is 4.26. The fraction of sp³-hybridized carbons (Fsp3) is 0.462. The van der Waals surface area contributed by atoms with Gasteiger partial charge in [-0.05, 0) is 49.3 Å². The highest BCUT2D eigenvalue weighted by Gasteiger charge is 2.09. The van der Waals surface area contributed by atoms with E-state index in [1.807, 2.05) is 0 Å². The molecule has 0 saturated carbocycles. The molecule has 2 nitrogen and oxygen atoms in total. The first kappa shape index (κ1) is 15.8. The summed E-state index contributed by atoms with van der Waals surface area (Å²) in [5, 5.41) is 8.66. The van der Waals surface area contributed by atoms with Crippen LogP contribution in [0.15, 0.2) is 26.8 Å². The largest absolute Gasteiger partial charge is 0.481 e. The van der Waals surface area contributed by atoms with Crippen molar-refractivity contribution in [2.45, 2.75) is 33.9 Å². The van der Waals surface area contributed by atoms with Gasteiger partial charge in [0.1, 0.15) is 0 Å². The van der Waals surface area contributed by atoms with Gasteiger partial charge in [0.25, 0.3) is 0 Å². The minimum atomic E-state index is -0.717. The fourth-order valence-electron chi connectivity index (χ4n) is 1.72. The molecule has 0 aromatic heterocycles. The van der Waals surface area contributed by atoms with Gasteiger partial charge in [-0.15, -0.1) is 35.3 Å². The molecule has 0 aliphatic rings. The van der Waals surface area contributed by atoms with Crippen LogP contribution in [0.1, 0.15) is 18.4 Å². The van der Waals surface area contributed by atoms with Crippen molar-refractivity contribution in [1.82, 2.24) is 0 Å². The average Bonchev–Trinajstić information content (AvgIpc) is 2.36. The molecule has 0 saturated heterocycles. The molecule has 0 bridgehead atoms. The molecule has 1 aromatic carbocycles. The summed E-state index contributed by atoms with van der Waals surface area (Å²) < 4.78 is 0. The summed E-state index contributed by atoms with van der Waals surface area (Å²) in [5.74, 6) is -0.717. The van der Waals surface area contributed by atoms with Crippen LogP contribution in [0, 0.1) is 0 Å². The predicted molar refractivity (Wildman–Crippen MR) is 82.4 cm³/mol. The van der Waals surface area contributed by atoms with Crippen molar-refractivity contribution < 1.29 is 9.90 Å². The lowest BCUT2D eigenvalue weighted by molar-refractivity contribution is -0.137. The van der Waals surface area contributed by atoms with Gasteiger partial charge < -0.3 is 5.11 Å². The zero-order valence-electron chi connectivity index (χ0n) is 10.9. The van der Waals surface area contributed by atoms with Crippen LogP contribution in [0.4, 0.5) is 0 Å². The molecule has 0 aliphatic heterocycles. The van der Waals surface area contributed by atoms with Crippen molar-refractivity contribution in [3.8, 4) is 0 Å². The van der Waals surface area contributed by atoms with Crippen molar-refractivity contribution in [3.63, 3.8) is 0 Å². The van der Waals surface area contributed by atoms with Gasteiger partial charge in [0.2, 0.25) is 0 Å². The zero-order valence-corrected chi connectivity index (χ0v) is 13.3. The normalized spacial score (nSPS) is 10.6. The number of aliphatic carboxylic acids is 1. The Bertz CT molecular complexity index is 394. The van der Waals surface area contributed by atoms with E-state index in [4.69, 9.17) is 5.11 Å². The van der Waals surface area contributed by atoms with Crippen molar-refractivity contribution >= 4 is 41.3 Å². The summed E-state index contributed by atoms with van der Waals surface area (Å²) in [6.07, 6.45) is 8.05. The molecule has 0 radical (unpaired) electrons. The van der Waals surface area contributed by atoms with Crippen LogP contribution in [0.2, 0.25) is 0 Å². The Balaban J connectivity index is 2.89. The summed E-state index contributed by atoms with van der Waals surface area (Å²) in [5.41, 5.74) is 1.24. The van der Waals surface area contributed by atoms with Crippen molar-refractivity contribution in [2.24, 2.45) is 0 Å². The Morgan fingerprint density at radius 1 is 1.11 bits per heavy atom. The summed E-state index contributed by atoms with van der Waals surface area (Å²) in [7, 11) is 0. The first-order valence-electron chi connectivity index (χ1n) is 5.63. The van der Waals surface area contributed by atoms with Gasteiger partial charge >= 0.3 is 5.97 Å². The van der Waals surface area contributed by atoms with Gasteiger partial charge in [-0.2, -0.15) is 0 Å². The van der Waals surface area contributed by atoms with E-state index in [9.17, 15) is 4.79 Å². The number of carbonyl (C=O) groups is 1. The van der Waals surface area contributed by atoms with E-state index in [-0.39, 0.29) is 6.42 Å². The Labute approximate surface area is 121 Å². The number of hydrogen-bond donors (Lipinski definition) is 1. The highest BCUT2D eigenvalue weighted by Crippen LogP contribution is 2.37. The minimum absolute atomic E-state index is 0.244. The first-order valence-corrected chi connectivity index (χ1v) is 9.30. The van der Waals surface area contributed by atoms with Crippen LogP contribution in [0.25, 0.3) is 0 Å². The molecular formula is C13H18O2S3. The van der Waals surface area contributed by atoms with Crippen LogP contribution in [-0.2, 0) is 11.2 Å². The van der Waals surface area contributed by atoms with E-state index < -0.39 is 5.97 Å². The molecule has 1 rings (SSSR count). The number of aryl methyl sites for hydroxylation is 1. The Hall–Kier alpha value is -0.260. The van der Waals surface area contributed by atoms with E-state index in [1.165, 1.54) is 20.2 Å². The Kier molecular flexibility index (Phi) is 7.04. The van der Waals surface area contributed by atoms with E-state index in [0.29, 0.717) is 6.42 Å². The molecule has 0 spiro atoms. The third-order valence-corrected chi connectivity index (χ3v) is 5.21. The fourth-order valence-corrected chi connectivity index (χ4v) is 4.44. The van der Waals surface area contributed by atoms with Crippen LogP contribution < -0.4 is 0 Å². The number of rotatable bonds is 7. The topological polar surface area (TPSA) is 37.3 Å². The highest BCUT2D eigenvalue weighted by atomic mass is 32.2. The molecule has 0 heterocycles. The summed E-state index contributed by atoms with van der Waals surface area (Å²) in [6, 6.07) is 4.39. The number of benzene rings is 1. The van der Waals surface area contributed by atoms with Gasteiger partial charge in [0, 0.05) is 21.1 Å². The second kappa shape index (κ2) is 8.02. The maximum absolute atomic E-state index is 10.5. The van der Waals surface area contributed by atoms with Crippen LogP contribution in [0.3, 0.4) is 0 Å². The van der Waals surface area contributed by atoms with Crippen molar-refractivity contribution in [2.75, 3.05) is 18.8 Å². The smallest absolute Gasteiger partial charge is 0.303 e. The minimum Gasteiger partial charge on any atom is -0.481 e. The van der Waals surface area contributed by atoms with Gasteiger partial charge in [-0.25, -0.2) is 0 Å². The molecule has 5 heteroatoms. The van der Waals surface area contributed by atoms with Crippen LogP contribution in [-0.4, -0.2) is 29.8 Å². The third kappa shape index (κ3) is 4.44. The molecule has 100 valence electrons. The number of thioether (sulfide) groups is 3. The molecule has 0 aliphatic carbocycles. The standard InChI is InChI=1S/C13H18O2S3/c1-16-10-7-9(5-4-6-12(14)15)8-11(17-2)13(10)18-3/h7-8H,4-6H2,1-3H3,(H,14,15). The Morgan fingerprint density at radius 2 is 1.67 bits per heavy atom. The lowest BCUT2D eigenvalue weighted by Gasteiger charge is -2.12. The molecule has 0 amide bonds. The van der Waals surface area contributed by atoms with E-state index in [1.54, 1.807) is 35.3 Å².